The van der Waals surface area contributed by atoms with Crippen LogP contribution in [-0.4, -0.2) is 45.9 Å². The van der Waals surface area contributed by atoms with Crippen LogP contribution in [0.4, 0.5) is 11.4 Å². The van der Waals surface area contributed by atoms with E-state index in [-0.39, 0.29) is 36.1 Å². The van der Waals surface area contributed by atoms with Crippen LogP contribution < -0.4 is 15.9 Å². The van der Waals surface area contributed by atoms with Gasteiger partial charge in [0.15, 0.2) is 0 Å². The molecule has 1 fully saturated rings. The number of nitrogens with zero attached hydrogens (tertiary/aromatic N) is 4. The Kier molecular flexibility index (Phi) is 10.4. The maximum atomic E-state index is 13.9. The summed E-state index contributed by atoms with van der Waals surface area (Å²) in [5.41, 5.74) is 5.65. The number of anilines is 2. The molecule has 1 aliphatic heterocycles. The van der Waals surface area contributed by atoms with Crippen molar-refractivity contribution in [3.63, 3.8) is 0 Å². The van der Waals surface area contributed by atoms with E-state index in [0.717, 1.165) is 54.0 Å². The summed E-state index contributed by atoms with van der Waals surface area (Å²) >= 11 is 0. The molecule has 5 aromatic rings. The maximum Gasteiger partial charge on any atom is 0.350 e. The Morgan fingerprint density at radius 1 is 0.898 bits per heavy atom. The molecular formula is C40H43N5O4. The second kappa shape index (κ2) is 15.2. The number of aromatic nitrogens is 3. The molecule has 1 saturated heterocycles. The zero-order valence-electron chi connectivity index (χ0n) is 28.3. The molecule has 1 aromatic heterocycles. The van der Waals surface area contributed by atoms with Gasteiger partial charge >= 0.3 is 11.7 Å². The Morgan fingerprint density at radius 2 is 1.55 bits per heavy atom. The first kappa shape index (κ1) is 33.5. The van der Waals surface area contributed by atoms with Crippen molar-refractivity contribution in [3.8, 4) is 5.69 Å². The number of rotatable bonds is 11. The van der Waals surface area contributed by atoms with Gasteiger partial charge in [0.25, 0.3) is 0 Å². The van der Waals surface area contributed by atoms with Crippen molar-refractivity contribution in [3.05, 3.63) is 142 Å². The predicted molar refractivity (Wildman–Crippen MR) is 192 cm³/mol. The van der Waals surface area contributed by atoms with Crippen molar-refractivity contribution in [1.29, 1.82) is 0 Å². The van der Waals surface area contributed by atoms with Crippen molar-refractivity contribution in [2.45, 2.75) is 46.1 Å². The molecule has 9 nitrogen and oxygen atoms in total. The molecule has 49 heavy (non-hydrogen) atoms. The van der Waals surface area contributed by atoms with Crippen molar-refractivity contribution < 1.29 is 14.3 Å². The van der Waals surface area contributed by atoms with Gasteiger partial charge in [-0.15, -0.1) is 0 Å². The number of amides is 1. The molecule has 9 heteroatoms. The van der Waals surface area contributed by atoms with Crippen LogP contribution in [0.2, 0.25) is 0 Å². The normalized spacial score (nSPS) is 14.6. The van der Waals surface area contributed by atoms with E-state index in [0.29, 0.717) is 17.7 Å². The first-order valence-electron chi connectivity index (χ1n) is 17.0. The third-order valence-electron chi connectivity index (χ3n) is 9.58. The summed E-state index contributed by atoms with van der Waals surface area (Å²) in [6.45, 7) is 7.52. The van der Waals surface area contributed by atoms with Gasteiger partial charge in [-0.3, -0.25) is 4.79 Å². The molecule has 0 spiro atoms. The van der Waals surface area contributed by atoms with Crippen LogP contribution in [0, 0.1) is 18.8 Å². The Hall–Kier alpha value is -5.44. The van der Waals surface area contributed by atoms with E-state index in [9.17, 15) is 14.4 Å². The summed E-state index contributed by atoms with van der Waals surface area (Å²) in [6.07, 6.45) is 3.93. The molecule has 2 unspecified atom stereocenters. The minimum absolute atomic E-state index is 0.0436. The molecule has 4 aromatic carbocycles. The second-order valence-electron chi connectivity index (χ2n) is 12.7. The summed E-state index contributed by atoms with van der Waals surface area (Å²) in [5.74, 6) is -0.488. The standard InChI is InChI=1S/C40H43N5O4/c1-4-49-39(47)36-26-33(16-15-28(36)2)42-38(46)37(25-30-11-7-5-8-12-30)32-21-23-43(24-22-32)34-17-19-35(20-18-34)44-27-41-45(40(44)48)29(3)31-13-9-6-10-14-31/h5-20,26-27,29,32,37H,4,21-25H2,1-3H3,(H,42,46). The molecule has 1 aliphatic rings. The maximum absolute atomic E-state index is 13.9. The fourth-order valence-corrected chi connectivity index (χ4v) is 6.72. The highest BCUT2D eigenvalue weighted by molar-refractivity contribution is 5.96. The average Bonchev–Trinajstić information content (AvgIpc) is 3.53. The van der Waals surface area contributed by atoms with E-state index in [1.165, 1.54) is 4.68 Å². The topological polar surface area (TPSA) is 98.5 Å². The number of hydrogen-bond acceptors (Lipinski definition) is 6. The third-order valence-corrected chi connectivity index (χ3v) is 9.58. The smallest absolute Gasteiger partial charge is 0.350 e. The summed E-state index contributed by atoms with van der Waals surface area (Å²) < 4.78 is 8.30. The van der Waals surface area contributed by atoms with E-state index in [2.05, 4.69) is 27.4 Å². The number of carbonyl (C=O) groups excluding carboxylic acids is 2. The van der Waals surface area contributed by atoms with E-state index in [1.807, 2.05) is 98.8 Å². The molecular weight excluding hydrogens is 614 g/mol. The van der Waals surface area contributed by atoms with Gasteiger partial charge in [0.05, 0.1) is 23.9 Å². The Morgan fingerprint density at radius 3 is 2.22 bits per heavy atom. The number of ether oxygens (including phenoxy) is 1. The first-order chi connectivity index (χ1) is 23.8. The Labute approximate surface area is 287 Å². The highest BCUT2D eigenvalue weighted by Crippen LogP contribution is 2.32. The van der Waals surface area contributed by atoms with Crippen LogP contribution in [0.15, 0.2) is 114 Å². The first-order valence-corrected chi connectivity index (χ1v) is 17.0. The largest absolute Gasteiger partial charge is 0.462 e. The average molecular weight is 658 g/mol. The molecule has 0 bridgehead atoms. The van der Waals surface area contributed by atoms with Crippen LogP contribution in [0.5, 0.6) is 0 Å². The quantitative estimate of drug-likeness (QED) is 0.156. The Balaban J connectivity index is 1.13. The third kappa shape index (κ3) is 7.67. The van der Waals surface area contributed by atoms with Gasteiger partial charge in [-0.25, -0.2) is 18.8 Å². The molecule has 2 atom stereocenters. The van der Waals surface area contributed by atoms with E-state index < -0.39 is 5.97 Å². The number of nitrogens with one attached hydrogen (secondary N) is 1. The predicted octanol–water partition coefficient (Wildman–Crippen LogP) is 6.84. The van der Waals surface area contributed by atoms with Crippen molar-refractivity contribution in [2.75, 3.05) is 29.9 Å². The van der Waals surface area contributed by atoms with Crippen LogP contribution in [0.1, 0.15) is 59.8 Å². The highest BCUT2D eigenvalue weighted by atomic mass is 16.5. The highest BCUT2D eigenvalue weighted by Gasteiger charge is 2.32. The van der Waals surface area contributed by atoms with Gasteiger partial charge in [0.1, 0.15) is 6.33 Å². The molecule has 6 rings (SSSR count). The SMILES string of the molecule is CCOC(=O)c1cc(NC(=O)C(Cc2ccccc2)C2CCN(c3ccc(-n4cnn(C(C)c5ccccc5)c4=O)cc3)CC2)ccc1C. The Bertz CT molecular complexity index is 1930. The van der Waals surface area contributed by atoms with E-state index in [1.54, 1.807) is 23.9 Å². The second-order valence-corrected chi connectivity index (χ2v) is 12.7. The monoisotopic (exact) mass is 657 g/mol. The molecule has 1 amide bonds. The van der Waals surface area contributed by atoms with Gasteiger partial charge in [0.2, 0.25) is 5.91 Å². The summed E-state index contributed by atoms with van der Waals surface area (Å²) in [7, 11) is 0. The van der Waals surface area contributed by atoms with Crippen molar-refractivity contribution >= 4 is 23.3 Å². The van der Waals surface area contributed by atoms with Gasteiger partial charge in [-0.05, 0) is 99.0 Å². The lowest BCUT2D eigenvalue weighted by Crippen LogP contribution is -2.40. The molecule has 0 aliphatic carbocycles. The van der Waals surface area contributed by atoms with E-state index >= 15 is 0 Å². The summed E-state index contributed by atoms with van der Waals surface area (Å²) in [4.78, 5) is 42.0. The lowest BCUT2D eigenvalue weighted by Gasteiger charge is -2.37. The minimum atomic E-state index is -0.392. The fourth-order valence-electron chi connectivity index (χ4n) is 6.72. The van der Waals surface area contributed by atoms with Crippen LogP contribution in [0.25, 0.3) is 5.69 Å². The lowest BCUT2D eigenvalue weighted by atomic mass is 9.80. The number of esters is 1. The van der Waals surface area contributed by atoms with Crippen LogP contribution in [0.3, 0.4) is 0 Å². The summed E-state index contributed by atoms with van der Waals surface area (Å²) in [5, 5.41) is 7.52. The minimum Gasteiger partial charge on any atom is -0.462 e. The molecule has 2 heterocycles. The summed E-state index contributed by atoms with van der Waals surface area (Å²) in [6, 6.07) is 33.2. The van der Waals surface area contributed by atoms with Gasteiger partial charge in [0, 0.05) is 30.4 Å². The molecule has 1 N–H and O–H groups in total. The van der Waals surface area contributed by atoms with Gasteiger partial charge in [-0.1, -0.05) is 66.7 Å². The van der Waals surface area contributed by atoms with Crippen molar-refractivity contribution in [1.82, 2.24) is 14.3 Å². The molecule has 0 saturated carbocycles. The number of hydrogen-bond donors (Lipinski definition) is 1. The number of benzene rings is 4. The molecule has 252 valence electrons. The lowest BCUT2D eigenvalue weighted by molar-refractivity contribution is -0.121. The molecule has 0 radical (unpaired) electrons. The van der Waals surface area contributed by atoms with Gasteiger partial charge in [-0.2, -0.15) is 5.10 Å². The van der Waals surface area contributed by atoms with Crippen LogP contribution >= 0.6 is 0 Å². The van der Waals surface area contributed by atoms with E-state index in [4.69, 9.17) is 4.74 Å². The number of aryl methyl sites for hydroxylation is 1. The van der Waals surface area contributed by atoms with Crippen LogP contribution in [-0.2, 0) is 16.0 Å². The van der Waals surface area contributed by atoms with Gasteiger partial charge < -0.3 is 15.0 Å². The number of carbonyl (C=O) groups is 2. The zero-order chi connectivity index (χ0) is 34.3. The number of piperidine rings is 1. The van der Waals surface area contributed by atoms with Crippen molar-refractivity contribution in [2.24, 2.45) is 11.8 Å². The zero-order valence-corrected chi connectivity index (χ0v) is 28.3. The fraction of sp³-hybridized carbons (Fsp3) is 0.300.